The molecule has 0 aromatic carbocycles. The van der Waals surface area contributed by atoms with Crippen LogP contribution >= 0.6 is 0 Å². The number of aryl methyl sites for hydroxylation is 1. The number of allylic oxidation sites excluding steroid dienone is 3. The van der Waals surface area contributed by atoms with Crippen molar-refractivity contribution in [3.8, 4) is 0 Å². The third kappa shape index (κ3) is 7.49. The lowest BCUT2D eigenvalue weighted by atomic mass is 9.65. The number of nitrogens with zero attached hydrogens (tertiary/aromatic N) is 2. The lowest BCUT2D eigenvalue weighted by Crippen LogP contribution is -2.54. The Balaban J connectivity index is 1.49. The maximum atomic E-state index is 13.3. The molecule has 0 saturated carbocycles. The summed E-state index contributed by atoms with van der Waals surface area (Å²) in [7, 11) is 3.46. The molecule has 1 aromatic heterocycles. The quantitative estimate of drug-likeness (QED) is 0.228. The molecule has 11 nitrogen and oxygen atoms in total. The number of aliphatic hydroxyl groups excluding tert-OH is 2. The van der Waals surface area contributed by atoms with E-state index in [-0.39, 0.29) is 18.4 Å². The van der Waals surface area contributed by atoms with Gasteiger partial charge in [-0.2, -0.15) is 0 Å². The number of carbonyl (C=O) groups is 2. The average molecular weight is 655 g/mol. The van der Waals surface area contributed by atoms with Crippen LogP contribution in [0.15, 0.2) is 54.1 Å². The third-order valence-electron chi connectivity index (χ3n) is 10.3. The van der Waals surface area contributed by atoms with Gasteiger partial charge in [-0.05, 0) is 87.0 Å². The van der Waals surface area contributed by atoms with Crippen LogP contribution in [0, 0.1) is 23.7 Å². The summed E-state index contributed by atoms with van der Waals surface area (Å²) >= 11 is 0. The lowest BCUT2D eigenvalue weighted by molar-refractivity contribution is -0.227. The molecule has 47 heavy (non-hydrogen) atoms. The normalized spacial score (nSPS) is 37.1. The van der Waals surface area contributed by atoms with Crippen LogP contribution in [0.4, 0.5) is 0 Å². The molecule has 258 valence electrons. The van der Waals surface area contributed by atoms with Crippen LogP contribution in [-0.4, -0.2) is 87.3 Å². The standard InChI is InChI=1S/C36H50N2O9/c1-21(2)26-11-8-22(3)27-17-31(46-32(41)13-10-25-18-38(6)20-37-25)35(5)14-15-36(43-7,47-35)24(16-28(26)27)9-12-30-34(45-23(4)39)33(42)29(40)19-44-30/h8,10,13-16,18,20-21,26-31,33-34,40,42H,9,11-12,17,19H2,1-7H3/b13-10+,24-16?/t26-,27+,28-,29?,30?,31+,33?,34?,35+,36-/m1/s1. The predicted octanol–water partition coefficient (Wildman–Crippen LogP) is 4.05. The van der Waals surface area contributed by atoms with E-state index in [1.165, 1.54) is 18.6 Å². The highest BCUT2D eigenvalue weighted by atomic mass is 16.7. The fraction of sp³-hybridized carbons (Fsp3) is 0.639. The predicted molar refractivity (Wildman–Crippen MR) is 173 cm³/mol. The van der Waals surface area contributed by atoms with Crippen molar-refractivity contribution in [3.63, 3.8) is 0 Å². The monoisotopic (exact) mass is 654 g/mol. The van der Waals surface area contributed by atoms with Gasteiger partial charge in [0.2, 0.25) is 5.79 Å². The Labute approximate surface area is 277 Å². The first-order valence-corrected chi connectivity index (χ1v) is 16.6. The van der Waals surface area contributed by atoms with Gasteiger partial charge < -0.3 is 38.5 Å². The number of fused-ring (bicyclic) bond motifs is 3. The first-order valence-electron chi connectivity index (χ1n) is 16.6. The van der Waals surface area contributed by atoms with Crippen molar-refractivity contribution < 1.29 is 43.5 Å². The van der Waals surface area contributed by atoms with E-state index in [4.69, 9.17) is 23.7 Å². The molecule has 2 bridgehead atoms. The number of hydrogen-bond donors (Lipinski definition) is 2. The van der Waals surface area contributed by atoms with Crippen LogP contribution in [0.25, 0.3) is 6.08 Å². The van der Waals surface area contributed by atoms with Crippen LogP contribution in [0.1, 0.15) is 66.0 Å². The summed E-state index contributed by atoms with van der Waals surface area (Å²) in [6, 6.07) is 0. The van der Waals surface area contributed by atoms with Gasteiger partial charge in [-0.25, -0.2) is 9.78 Å². The molecule has 4 aliphatic rings. The second-order valence-electron chi connectivity index (χ2n) is 14.0. The van der Waals surface area contributed by atoms with E-state index >= 15 is 0 Å². The number of aromatic nitrogens is 2. The zero-order chi connectivity index (χ0) is 34.1. The topological polar surface area (TPSA) is 139 Å². The Morgan fingerprint density at radius 3 is 2.66 bits per heavy atom. The van der Waals surface area contributed by atoms with Gasteiger partial charge in [0.05, 0.1) is 24.7 Å². The molecule has 1 aromatic rings. The number of hydrogen-bond acceptors (Lipinski definition) is 10. The minimum absolute atomic E-state index is 0.0710. The van der Waals surface area contributed by atoms with Gasteiger partial charge in [0, 0.05) is 33.4 Å². The first-order chi connectivity index (χ1) is 22.2. The average Bonchev–Trinajstić information content (AvgIpc) is 3.61. The number of aliphatic hydroxyl groups is 2. The maximum Gasteiger partial charge on any atom is 0.331 e. The Morgan fingerprint density at radius 1 is 1.23 bits per heavy atom. The molecule has 1 aliphatic carbocycles. The summed E-state index contributed by atoms with van der Waals surface area (Å²) in [4.78, 5) is 29.5. The van der Waals surface area contributed by atoms with E-state index in [0.717, 1.165) is 12.0 Å². The molecule has 1 fully saturated rings. The van der Waals surface area contributed by atoms with Crippen molar-refractivity contribution in [3.05, 3.63) is 59.7 Å². The van der Waals surface area contributed by atoms with E-state index < -0.39 is 53.8 Å². The molecule has 5 rings (SSSR count). The molecular formula is C36H50N2O9. The van der Waals surface area contributed by atoms with Crippen molar-refractivity contribution in [1.29, 1.82) is 0 Å². The summed E-state index contributed by atoms with van der Waals surface area (Å²) in [6.07, 6.45) is 12.5. The summed E-state index contributed by atoms with van der Waals surface area (Å²) < 4.78 is 32.4. The van der Waals surface area contributed by atoms with Gasteiger partial charge in [-0.3, -0.25) is 4.79 Å². The molecule has 1 saturated heterocycles. The zero-order valence-electron chi connectivity index (χ0n) is 28.5. The molecule has 2 N–H and O–H groups in total. The molecule has 0 amide bonds. The molecule has 11 heteroatoms. The molecule has 4 heterocycles. The third-order valence-corrected chi connectivity index (χ3v) is 10.3. The summed E-state index contributed by atoms with van der Waals surface area (Å²) in [5.41, 5.74) is 1.77. The Hall–Kier alpha value is -3.09. The van der Waals surface area contributed by atoms with E-state index in [0.29, 0.717) is 36.8 Å². The fourth-order valence-corrected chi connectivity index (χ4v) is 7.61. The number of esters is 2. The first kappa shape index (κ1) is 35.2. The highest BCUT2D eigenvalue weighted by Crippen LogP contribution is 2.50. The Morgan fingerprint density at radius 2 is 2.00 bits per heavy atom. The van der Waals surface area contributed by atoms with Gasteiger partial charge >= 0.3 is 11.9 Å². The van der Waals surface area contributed by atoms with E-state index in [1.54, 1.807) is 19.5 Å². The van der Waals surface area contributed by atoms with Crippen LogP contribution in [0.5, 0.6) is 0 Å². The lowest BCUT2D eigenvalue weighted by Gasteiger charge is -2.41. The summed E-state index contributed by atoms with van der Waals surface area (Å²) in [5.74, 6) is -1.44. The smallest absolute Gasteiger partial charge is 0.331 e. The maximum absolute atomic E-state index is 13.3. The van der Waals surface area contributed by atoms with Crippen LogP contribution in [0.3, 0.4) is 0 Å². The molecule has 4 unspecified atom stereocenters. The summed E-state index contributed by atoms with van der Waals surface area (Å²) in [6.45, 7) is 9.74. The minimum Gasteiger partial charge on any atom is -0.457 e. The number of methoxy groups -OCH3 is 1. The van der Waals surface area contributed by atoms with E-state index in [1.807, 2.05) is 36.9 Å². The van der Waals surface area contributed by atoms with Gasteiger partial charge in [0.1, 0.15) is 23.9 Å². The zero-order valence-corrected chi connectivity index (χ0v) is 28.5. The van der Waals surface area contributed by atoms with Crippen LogP contribution in [0.2, 0.25) is 0 Å². The van der Waals surface area contributed by atoms with E-state index in [2.05, 4.69) is 37.9 Å². The molecular weight excluding hydrogens is 604 g/mol. The molecule has 0 spiro atoms. The van der Waals surface area contributed by atoms with E-state index in [9.17, 15) is 19.8 Å². The number of imidazole rings is 1. The fourth-order valence-electron chi connectivity index (χ4n) is 7.61. The van der Waals surface area contributed by atoms with Crippen molar-refractivity contribution in [2.45, 2.75) is 102 Å². The van der Waals surface area contributed by atoms with Gasteiger partial charge in [-0.1, -0.05) is 31.6 Å². The van der Waals surface area contributed by atoms with Gasteiger partial charge in [0.15, 0.2) is 6.10 Å². The molecule has 0 radical (unpaired) electrons. The number of ether oxygens (including phenoxy) is 5. The largest absolute Gasteiger partial charge is 0.457 e. The molecule has 10 atom stereocenters. The minimum atomic E-state index is -1.27. The Bertz CT molecular complexity index is 1430. The summed E-state index contributed by atoms with van der Waals surface area (Å²) in [5, 5.41) is 20.9. The Kier molecular flexibility index (Phi) is 10.6. The van der Waals surface area contributed by atoms with Crippen molar-refractivity contribution in [1.82, 2.24) is 9.55 Å². The van der Waals surface area contributed by atoms with Crippen LogP contribution < -0.4 is 0 Å². The SMILES string of the molecule is CO[C@]12C=C[C@](C)(O1)[C@@H](OC(=O)/C=C/c1cn(C)cn1)C[C@H]1C(C)=CC[C@H](C(C)C)[C@H]1C=C2CCC1OCC(O)C(O)C1OC(C)=O. The van der Waals surface area contributed by atoms with Gasteiger partial charge in [0.25, 0.3) is 0 Å². The number of carbonyl (C=O) groups excluding carboxylic acids is 2. The number of rotatable bonds is 9. The highest BCUT2D eigenvalue weighted by molar-refractivity contribution is 5.86. The van der Waals surface area contributed by atoms with Crippen molar-refractivity contribution >= 4 is 18.0 Å². The van der Waals surface area contributed by atoms with Crippen molar-refractivity contribution in [2.24, 2.45) is 30.7 Å². The van der Waals surface area contributed by atoms with Gasteiger partial charge in [-0.15, -0.1) is 0 Å². The second kappa shape index (κ2) is 14.2. The van der Waals surface area contributed by atoms with Crippen molar-refractivity contribution in [2.75, 3.05) is 13.7 Å². The highest BCUT2D eigenvalue weighted by Gasteiger charge is 2.53. The second-order valence-corrected chi connectivity index (χ2v) is 14.0. The van der Waals surface area contributed by atoms with Crippen LogP contribution in [-0.2, 0) is 40.3 Å². The molecule has 3 aliphatic heterocycles.